The number of nitrogens with zero attached hydrogens (tertiary/aromatic N) is 1. The molecule has 122 valence electrons. The Kier molecular flexibility index (Phi) is 4.26. The summed E-state index contributed by atoms with van der Waals surface area (Å²) in [5.74, 6) is -1.66. The van der Waals surface area contributed by atoms with Crippen LogP contribution in [-0.4, -0.2) is 29.3 Å². The third-order valence-corrected chi connectivity index (χ3v) is 3.93. The molecule has 1 amide bonds. The maximum Gasteiger partial charge on any atom is 0.340 e. The molecule has 0 fully saturated rings. The number of rotatable bonds is 3. The van der Waals surface area contributed by atoms with Gasteiger partial charge < -0.3 is 15.8 Å². The van der Waals surface area contributed by atoms with Gasteiger partial charge in [0, 0.05) is 5.70 Å². The van der Waals surface area contributed by atoms with Crippen LogP contribution in [0.15, 0.2) is 52.7 Å². The van der Waals surface area contributed by atoms with Gasteiger partial charge in [0.2, 0.25) is 5.91 Å². The fourth-order valence-corrected chi connectivity index (χ4v) is 3.01. The molecule has 0 bridgehead atoms. The Morgan fingerprint density at radius 3 is 2.75 bits per heavy atom. The van der Waals surface area contributed by atoms with Crippen molar-refractivity contribution in [1.29, 1.82) is 0 Å². The minimum absolute atomic E-state index is 0.0855. The number of thiocarbonyl (C=S) groups is 1. The van der Waals surface area contributed by atoms with Gasteiger partial charge in [0.05, 0.1) is 17.9 Å². The summed E-state index contributed by atoms with van der Waals surface area (Å²) in [6.45, 7) is 1.92. The van der Waals surface area contributed by atoms with Crippen LogP contribution in [0.1, 0.15) is 12.5 Å². The molecule has 6 nitrogen and oxygen atoms in total. The van der Waals surface area contributed by atoms with E-state index in [2.05, 4.69) is 10.3 Å². The van der Waals surface area contributed by atoms with Crippen LogP contribution in [0.25, 0.3) is 5.57 Å². The molecule has 2 aliphatic rings. The second-order valence-electron chi connectivity index (χ2n) is 5.24. The number of fused-ring (bicyclic) bond motifs is 1. The van der Waals surface area contributed by atoms with Crippen molar-refractivity contribution in [2.45, 2.75) is 6.92 Å². The van der Waals surface area contributed by atoms with Gasteiger partial charge in [-0.05, 0) is 36.4 Å². The molecule has 0 radical (unpaired) electrons. The van der Waals surface area contributed by atoms with E-state index in [1.165, 1.54) is 6.08 Å². The number of esters is 1. The molecule has 1 heterocycles. The van der Waals surface area contributed by atoms with Crippen LogP contribution in [0.2, 0.25) is 0 Å². The van der Waals surface area contributed by atoms with Gasteiger partial charge in [0.1, 0.15) is 5.92 Å². The van der Waals surface area contributed by atoms with Gasteiger partial charge in [-0.3, -0.25) is 4.79 Å². The van der Waals surface area contributed by atoms with Crippen LogP contribution in [-0.2, 0) is 14.3 Å². The standard InChI is InChI=1S/C17H15N3O3S/c1-2-23-16(22)13-10(18)8-11-14(15(21)20-17(24)19-11)12(13)9-6-4-3-5-7-9/h3-8,14H,2,18H2,1H3,(H,20,21,24). The summed E-state index contributed by atoms with van der Waals surface area (Å²) in [7, 11) is 0. The maximum absolute atomic E-state index is 12.5. The molecule has 0 aromatic heterocycles. The Morgan fingerprint density at radius 1 is 1.38 bits per heavy atom. The lowest BCUT2D eigenvalue weighted by atomic mass is 9.79. The zero-order chi connectivity index (χ0) is 17.3. The van der Waals surface area contributed by atoms with Gasteiger partial charge in [0.15, 0.2) is 5.11 Å². The molecule has 7 heteroatoms. The number of ether oxygens (including phenoxy) is 1. The van der Waals surface area contributed by atoms with E-state index in [9.17, 15) is 9.59 Å². The maximum atomic E-state index is 12.5. The predicted molar refractivity (Wildman–Crippen MR) is 93.9 cm³/mol. The van der Waals surface area contributed by atoms with Crippen LogP contribution in [0.5, 0.6) is 0 Å². The van der Waals surface area contributed by atoms with Crippen molar-refractivity contribution in [2.24, 2.45) is 16.6 Å². The average molecular weight is 341 g/mol. The highest BCUT2D eigenvalue weighted by Crippen LogP contribution is 2.36. The summed E-state index contributed by atoms with van der Waals surface area (Å²) in [6, 6.07) is 9.11. The molecule has 24 heavy (non-hydrogen) atoms. The fraction of sp³-hybridized carbons (Fsp3) is 0.176. The van der Waals surface area contributed by atoms with Crippen LogP contribution in [0, 0.1) is 5.92 Å². The summed E-state index contributed by atoms with van der Waals surface area (Å²) in [5, 5.41) is 2.62. The van der Waals surface area contributed by atoms with E-state index in [1.807, 2.05) is 30.3 Å². The molecule has 1 aromatic rings. The molecular weight excluding hydrogens is 326 g/mol. The minimum Gasteiger partial charge on any atom is -0.462 e. The van der Waals surface area contributed by atoms with Gasteiger partial charge >= 0.3 is 5.97 Å². The number of allylic oxidation sites excluding steroid dienone is 1. The predicted octanol–water partition coefficient (Wildman–Crippen LogP) is 1.33. The molecule has 0 saturated carbocycles. The van der Waals surface area contributed by atoms with Crippen molar-refractivity contribution in [1.82, 2.24) is 5.32 Å². The van der Waals surface area contributed by atoms with E-state index in [0.29, 0.717) is 16.8 Å². The molecule has 3 rings (SSSR count). The van der Waals surface area contributed by atoms with E-state index in [4.69, 9.17) is 22.7 Å². The zero-order valence-corrected chi connectivity index (χ0v) is 13.7. The molecular formula is C17H15N3O3S. The zero-order valence-electron chi connectivity index (χ0n) is 12.9. The Labute approximate surface area is 144 Å². The van der Waals surface area contributed by atoms with Gasteiger partial charge in [-0.1, -0.05) is 30.3 Å². The molecule has 1 aliphatic heterocycles. The van der Waals surface area contributed by atoms with E-state index in [-0.39, 0.29) is 28.9 Å². The second kappa shape index (κ2) is 6.37. The first-order valence-corrected chi connectivity index (χ1v) is 7.81. The van der Waals surface area contributed by atoms with Crippen molar-refractivity contribution in [3.8, 4) is 0 Å². The first-order valence-electron chi connectivity index (χ1n) is 7.40. The Bertz CT molecular complexity index is 825. The Hall–Kier alpha value is -2.80. The lowest BCUT2D eigenvalue weighted by Crippen LogP contribution is -2.45. The molecule has 3 N–H and O–H groups in total. The minimum atomic E-state index is -0.759. The number of nitrogens with one attached hydrogen (secondary N) is 1. The van der Waals surface area contributed by atoms with E-state index >= 15 is 0 Å². The first kappa shape index (κ1) is 16.1. The number of nitrogens with two attached hydrogens (primary N) is 1. The highest BCUT2D eigenvalue weighted by molar-refractivity contribution is 7.80. The van der Waals surface area contributed by atoms with Gasteiger partial charge in [-0.25, -0.2) is 9.79 Å². The topological polar surface area (TPSA) is 93.8 Å². The third kappa shape index (κ3) is 2.74. The quantitative estimate of drug-likeness (QED) is 0.639. The van der Waals surface area contributed by atoms with E-state index in [0.717, 1.165) is 0 Å². The third-order valence-electron chi connectivity index (χ3n) is 3.73. The number of hydrogen-bond donors (Lipinski definition) is 2. The van der Waals surface area contributed by atoms with Crippen molar-refractivity contribution < 1.29 is 14.3 Å². The lowest BCUT2D eigenvalue weighted by molar-refractivity contribution is -0.138. The summed E-state index contributed by atoms with van der Waals surface area (Å²) in [5.41, 5.74) is 8.09. The van der Waals surface area contributed by atoms with Crippen molar-refractivity contribution in [3.05, 3.63) is 53.2 Å². The van der Waals surface area contributed by atoms with Crippen molar-refractivity contribution in [2.75, 3.05) is 6.61 Å². The van der Waals surface area contributed by atoms with Gasteiger partial charge in [-0.2, -0.15) is 0 Å². The molecule has 0 spiro atoms. The Balaban J connectivity index is 2.26. The highest BCUT2D eigenvalue weighted by atomic mass is 32.1. The lowest BCUT2D eigenvalue weighted by Gasteiger charge is -2.29. The number of carbonyl (C=O) groups excluding carboxylic acids is 2. The SMILES string of the molecule is CCOC(=O)C1=C(c2ccccc2)C2C(=O)NC(=S)N=C2C=C1N. The number of carbonyl (C=O) groups is 2. The monoisotopic (exact) mass is 341 g/mol. The number of amides is 1. The van der Waals surface area contributed by atoms with E-state index < -0.39 is 11.9 Å². The smallest absolute Gasteiger partial charge is 0.340 e. The Morgan fingerprint density at radius 2 is 2.08 bits per heavy atom. The largest absolute Gasteiger partial charge is 0.462 e. The summed E-state index contributed by atoms with van der Waals surface area (Å²) >= 11 is 4.97. The normalized spacial score (nSPS) is 20.0. The van der Waals surface area contributed by atoms with Crippen LogP contribution >= 0.6 is 12.2 Å². The number of hydrogen-bond acceptors (Lipinski definition) is 5. The molecule has 1 aromatic carbocycles. The summed E-state index contributed by atoms with van der Waals surface area (Å²) in [6.07, 6.45) is 1.51. The van der Waals surface area contributed by atoms with E-state index in [1.54, 1.807) is 6.92 Å². The number of benzene rings is 1. The van der Waals surface area contributed by atoms with Gasteiger partial charge in [0.25, 0.3) is 0 Å². The van der Waals surface area contributed by atoms with Crippen LogP contribution < -0.4 is 11.1 Å². The van der Waals surface area contributed by atoms with Crippen LogP contribution in [0.3, 0.4) is 0 Å². The first-order chi connectivity index (χ1) is 11.5. The fourth-order valence-electron chi connectivity index (χ4n) is 2.81. The van der Waals surface area contributed by atoms with Crippen molar-refractivity contribution >= 4 is 40.5 Å². The molecule has 1 aliphatic carbocycles. The molecule has 1 unspecified atom stereocenters. The molecule has 1 atom stereocenters. The average Bonchev–Trinajstić information content (AvgIpc) is 2.54. The summed E-state index contributed by atoms with van der Waals surface area (Å²) < 4.78 is 5.12. The second-order valence-corrected chi connectivity index (χ2v) is 5.63. The molecule has 0 saturated heterocycles. The van der Waals surface area contributed by atoms with Crippen molar-refractivity contribution in [3.63, 3.8) is 0 Å². The highest BCUT2D eigenvalue weighted by Gasteiger charge is 2.39. The summed E-state index contributed by atoms with van der Waals surface area (Å²) in [4.78, 5) is 29.2. The van der Waals surface area contributed by atoms with Crippen LogP contribution in [0.4, 0.5) is 0 Å². The number of aliphatic imine (C=N–C) groups is 1. The van der Waals surface area contributed by atoms with Gasteiger partial charge in [-0.15, -0.1) is 0 Å².